The van der Waals surface area contributed by atoms with Crippen molar-refractivity contribution in [1.29, 1.82) is 5.26 Å². The highest BCUT2D eigenvalue weighted by atomic mass is 16.5. The van der Waals surface area contributed by atoms with Gasteiger partial charge in [0.2, 0.25) is 5.95 Å². The second kappa shape index (κ2) is 6.07. The lowest BCUT2D eigenvalue weighted by atomic mass is 10.3. The summed E-state index contributed by atoms with van der Waals surface area (Å²) in [5, 5.41) is 8.71. The SMILES string of the molecule is COCCN(CCC#N)c1nc2ccc(N)cc2[nH]1. The summed E-state index contributed by atoms with van der Waals surface area (Å²) in [4.78, 5) is 9.74. The Morgan fingerprint density at radius 3 is 3.05 bits per heavy atom. The van der Waals surface area contributed by atoms with Crippen molar-refractivity contribution in [3.8, 4) is 6.07 Å². The fourth-order valence-corrected chi connectivity index (χ4v) is 1.87. The minimum Gasteiger partial charge on any atom is -0.399 e. The van der Waals surface area contributed by atoms with Crippen LogP contribution in [-0.2, 0) is 4.74 Å². The van der Waals surface area contributed by atoms with Crippen molar-refractivity contribution >= 4 is 22.7 Å². The van der Waals surface area contributed by atoms with Crippen molar-refractivity contribution in [2.45, 2.75) is 6.42 Å². The molecule has 0 saturated carbocycles. The zero-order valence-corrected chi connectivity index (χ0v) is 10.9. The zero-order valence-electron chi connectivity index (χ0n) is 10.9. The molecule has 1 aromatic carbocycles. The first kappa shape index (κ1) is 13.2. The van der Waals surface area contributed by atoms with Crippen molar-refractivity contribution in [1.82, 2.24) is 9.97 Å². The molecule has 0 aliphatic rings. The van der Waals surface area contributed by atoms with Crippen molar-refractivity contribution in [2.75, 3.05) is 37.4 Å². The van der Waals surface area contributed by atoms with Gasteiger partial charge in [0.15, 0.2) is 0 Å². The average Bonchev–Trinajstić information content (AvgIpc) is 2.81. The van der Waals surface area contributed by atoms with Crippen molar-refractivity contribution in [3.63, 3.8) is 0 Å². The predicted octanol–water partition coefficient (Wildman–Crippen LogP) is 1.51. The summed E-state index contributed by atoms with van der Waals surface area (Å²) < 4.78 is 5.08. The molecule has 0 atom stereocenters. The lowest BCUT2D eigenvalue weighted by Gasteiger charge is -2.19. The van der Waals surface area contributed by atoms with Gasteiger partial charge in [-0.15, -0.1) is 0 Å². The van der Waals surface area contributed by atoms with E-state index in [4.69, 9.17) is 15.7 Å². The van der Waals surface area contributed by atoms with Crippen LogP contribution in [0.2, 0.25) is 0 Å². The van der Waals surface area contributed by atoms with E-state index < -0.39 is 0 Å². The highest BCUT2D eigenvalue weighted by molar-refractivity contribution is 5.80. The third kappa shape index (κ3) is 3.14. The number of nitrogens with zero attached hydrogens (tertiary/aromatic N) is 3. The van der Waals surface area contributed by atoms with Gasteiger partial charge in [0.25, 0.3) is 0 Å². The van der Waals surface area contributed by atoms with Gasteiger partial charge in [-0.1, -0.05) is 0 Å². The van der Waals surface area contributed by atoms with Crippen molar-refractivity contribution < 1.29 is 4.74 Å². The summed E-state index contributed by atoms with van der Waals surface area (Å²) in [5.41, 5.74) is 8.20. The van der Waals surface area contributed by atoms with E-state index in [0.29, 0.717) is 31.8 Å². The zero-order chi connectivity index (χ0) is 13.7. The Bertz CT molecular complexity index is 586. The lowest BCUT2D eigenvalue weighted by molar-refractivity contribution is 0.205. The van der Waals surface area contributed by atoms with E-state index in [2.05, 4.69) is 16.0 Å². The van der Waals surface area contributed by atoms with Gasteiger partial charge in [-0.05, 0) is 18.2 Å². The molecular formula is C13H17N5O. The number of hydrogen-bond donors (Lipinski definition) is 2. The molecule has 0 aliphatic carbocycles. The third-order valence-corrected chi connectivity index (χ3v) is 2.85. The molecule has 6 heteroatoms. The summed E-state index contributed by atoms with van der Waals surface area (Å²) in [6.45, 7) is 1.90. The maximum Gasteiger partial charge on any atom is 0.203 e. The number of nitrogens with one attached hydrogen (secondary N) is 1. The van der Waals surface area contributed by atoms with Crippen molar-refractivity contribution in [2.24, 2.45) is 0 Å². The normalized spacial score (nSPS) is 10.5. The van der Waals surface area contributed by atoms with Gasteiger partial charge < -0.3 is 20.4 Å². The Morgan fingerprint density at radius 1 is 1.47 bits per heavy atom. The monoisotopic (exact) mass is 259 g/mol. The number of fused-ring (bicyclic) bond motifs is 1. The fraction of sp³-hybridized carbons (Fsp3) is 0.385. The number of nitriles is 1. The molecule has 100 valence electrons. The van der Waals surface area contributed by atoms with Crippen LogP contribution in [0.5, 0.6) is 0 Å². The summed E-state index contributed by atoms with van der Waals surface area (Å²) >= 11 is 0. The topological polar surface area (TPSA) is 91.0 Å². The van der Waals surface area contributed by atoms with Gasteiger partial charge in [-0.2, -0.15) is 5.26 Å². The molecule has 0 bridgehead atoms. The summed E-state index contributed by atoms with van der Waals surface area (Å²) in [6.07, 6.45) is 0.447. The van der Waals surface area contributed by atoms with Crippen LogP contribution in [0.15, 0.2) is 18.2 Å². The standard InChI is InChI=1S/C13H17N5O/c1-19-8-7-18(6-2-5-14)13-16-11-4-3-10(15)9-12(11)17-13/h3-4,9H,2,6-8,15H2,1H3,(H,16,17). The minimum absolute atomic E-state index is 0.447. The molecule has 0 aliphatic heterocycles. The van der Waals surface area contributed by atoms with Gasteiger partial charge in [0.1, 0.15) is 0 Å². The van der Waals surface area contributed by atoms with Crippen LogP contribution in [0.25, 0.3) is 11.0 Å². The third-order valence-electron chi connectivity index (χ3n) is 2.85. The number of anilines is 2. The molecule has 1 heterocycles. The molecule has 0 unspecified atom stereocenters. The highest BCUT2D eigenvalue weighted by Crippen LogP contribution is 2.19. The van der Waals surface area contributed by atoms with E-state index in [9.17, 15) is 0 Å². The lowest BCUT2D eigenvalue weighted by Crippen LogP contribution is -2.29. The molecule has 0 spiro atoms. The minimum atomic E-state index is 0.447. The molecule has 6 nitrogen and oxygen atoms in total. The Morgan fingerprint density at radius 2 is 2.32 bits per heavy atom. The number of ether oxygens (including phenoxy) is 1. The van der Waals surface area contributed by atoms with E-state index in [0.717, 1.165) is 17.0 Å². The van der Waals surface area contributed by atoms with Crippen LogP contribution < -0.4 is 10.6 Å². The van der Waals surface area contributed by atoms with Gasteiger partial charge in [-0.3, -0.25) is 0 Å². The number of nitrogen functional groups attached to an aromatic ring is 1. The second-order valence-corrected chi connectivity index (χ2v) is 4.22. The first-order chi connectivity index (χ1) is 9.24. The summed E-state index contributed by atoms with van der Waals surface area (Å²) in [6, 6.07) is 7.69. The predicted molar refractivity (Wildman–Crippen MR) is 74.8 cm³/mol. The summed E-state index contributed by atoms with van der Waals surface area (Å²) in [7, 11) is 1.65. The molecule has 0 fully saturated rings. The molecule has 0 saturated heterocycles. The van der Waals surface area contributed by atoms with Crippen LogP contribution in [-0.4, -0.2) is 36.8 Å². The molecule has 3 N–H and O–H groups in total. The largest absolute Gasteiger partial charge is 0.399 e. The number of aromatic amines is 1. The average molecular weight is 259 g/mol. The van der Waals surface area contributed by atoms with Crippen LogP contribution in [0.1, 0.15) is 6.42 Å². The van der Waals surface area contributed by atoms with E-state index in [1.807, 2.05) is 23.1 Å². The molecule has 2 aromatic rings. The number of H-pyrrole nitrogens is 1. The van der Waals surface area contributed by atoms with Crippen LogP contribution in [0.4, 0.5) is 11.6 Å². The second-order valence-electron chi connectivity index (χ2n) is 4.22. The van der Waals surface area contributed by atoms with E-state index in [-0.39, 0.29) is 0 Å². The first-order valence-electron chi connectivity index (χ1n) is 6.10. The molecule has 2 rings (SSSR count). The van der Waals surface area contributed by atoms with Gasteiger partial charge in [0.05, 0.1) is 30.1 Å². The number of nitrogens with two attached hydrogens (primary N) is 1. The van der Waals surface area contributed by atoms with Crippen LogP contribution >= 0.6 is 0 Å². The van der Waals surface area contributed by atoms with Gasteiger partial charge >= 0.3 is 0 Å². The Hall–Kier alpha value is -2.26. The van der Waals surface area contributed by atoms with E-state index in [1.165, 1.54) is 0 Å². The Balaban J connectivity index is 2.24. The molecule has 0 radical (unpaired) electrons. The maximum absolute atomic E-state index is 8.71. The Labute approximate surface area is 111 Å². The van der Waals surface area contributed by atoms with Crippen molar-refractivity contribution in [3.05, 3.63) is 18.2 Å². The highest BCUT2D eigenvalue weighted by Gasteiger charge is 2.11. The number of benzene rings is 1. The van der Waals surface area contributed by atoms with Crippen LogP contribution in [0.3, 0.4) is 0 Å². The van der Waals surface area contributed by atoms with Gasteiger partial charge in [-0.25, -0.2) is 4.98 Å². The number of aromatic nitrogens is 2. The Kier molecular flexibility index (Phi) is 4.21. The number of methoxy groups -OCH3 is 1. The quantitative estimate of drug-likeness (QED) is 0.767. The molecule has 0 amide bonds. The molecular weight excluding hydrogens is 242 g/mol. The number of rotatable bonds is 6. The molecule has 19 heavy (non-hydrogen) atoms. The first-order valence-corrected chi connectivity index (χ1v) is 6.10. The number of hydrogen-bond acceptors (Lipinski definition) is 5. The van der Waals surface area contributed by atoms with Gasteiger partial charge in [0, 0.05) is 25.9 Å². The number of imidazole rings is 1. The fourth-order valence-electron chi connectivity index (χ4n) is 1.87. The van der Waals surface area contributed by atoms with E-state index in [1.54, 1.807) is 7.11 Å². The van der Waals surface area contributed by atoms with E-state index >= 15 is 0 Å². The maximum atomic E-state index is 8.71. The summed E-state index contributed by atoms with van der Waals surface area (Å²) in [5.74, 6) is 0.743. The van der Waals surface area contributed by atoms with Crippen LogP contribution in [0, 0.1) is 11.3 Å². The molecule has 1 aromatic heterocycles. The smallest absolute Gasteiger partial charge is 0.203 e.